The van der Waals surface area contributed by atoms with E-state index in [1.165, 1.54) is 91.6 Å². The average Bonchev–Trinajstić information content (AvgIpc) is 4.01. The van der Waals surface area contributed by atoms with Gasteiger partial charge in [0.15, 0.2) is 0 Å². The number of anilines is 3. The fourth-order valence-corrected chi connectivity index (χ4v) is 10.9. The van der Waals surface area contributed by atoms with Gasteiger partial charge in [-0.05, 0) is 75.8 Å². The molecule has 0 aliphatic heterocycles. The molecular weight excluding hydrogens is 721 g/mol. The van der Waals surface area contributed by atoms with Crippen molar-refractivity contribution in [3.63, 3.8) is 0 Å². The molecule has 3 aromatic heterocycles. The summed E-state index contributed by atoms with van der Waals surface area (Å²) in [5.41, 5.74) is 15.1. The fraction of sp³-hybridized carbons (Fsp3) is 0.127. The van der Waals surface area contributed by atoms with E-state index in [9.17, 15) is 0 Å². The molecular formula is C55H46N2S. The topological polar surface area (TPSA) is 7.65 Å². The maximum absolute atomic E-state index is 2.51. The third kappa shape index (κ3) is 5.09. The smallest absolute Gasteiger partial charge is 0.0782 e. The fourth-order valence-electron chi connectivity index (χ4n) is 9.67. The van der Waals surface area contributed by atoms with E-state index in [1.807, 2.05) is 39.0 Å². The number of benzene rings is 8. The molecule has 12 rings (SSSR count). The van der Waals surface area contributed by atoms with Gasteiger partial charge in [-0.1, -0.05) is 169 Å². The molecule has 0 unspecified atom stereocenters. The highest BCUT2D eigenvalue weighted by Gasteiger charge is 2.36. The van der Waals surface area contributed by atoms with Crippen molar-refractivity contribution < 1.29 is 0 Å². The van der Waals surface area contributed by atoms with Crippen LogP contribution < -0.4 is 4.90 Å². The molecule has 282 valence electrons. The van der Waals surface area contributed by atoms with Crippen LogP contribution in [0.15, 0.2) is 170 Å². The van der Waals surface area contributed by atoms with E-state index in [0.717, 1.165) is 17.1 Å². The molecule has 0 bridgehead atoms. The van der Waals surface area contributed by atoms with Crippen LogP contribution in [0, 0.1) is 0 Å². The van der Waals surface area contributed by atoms with Gasteiger partial charge in [-0.3, -0.25) is 0 Å². The summed E-state index contributed by atoms with van der Waals surface area (Å²) in [6.07, 6.45) is 0. The molecule has 8 aromatic carbocycles. The SMILES string of the molecule is CC.CC.CC1(C)c2ccccc2-c2cc(N(c3ccc(-c4cccc5c4sc4ccccc45)cc3)c3cccc4c5cccc6c7ccccc7n(c34)c65)ccc21. The molecule has 1 aliphatic rings. The molecule has 11 aromatic rings. The summed E-state index contributed by atoms with van der Waals surface area (Å²) in [7, 11) is 0. The monoisotopic (exact) mass is 766 g/mol. The second-order valence-corrected chi connectivity index (χ2v) is 16.3. The minimum Gasteiger partial charge on any atom is -0.308 e. The average molecular weight is 767 g/mol. The lowest BCUT2D eigenvalue weighted by molar-refractivity contribution is 0.660. The first-order valence-electron chi connectivity index (χ1n) is 20.8. The molecule has 0 fully saturated rings. The van der Waals surface area contributed by atoms with Crippen LogP contribution in [0.5, 0.6) is 0 Å². The molecule has 1 aliphatic carbocycles. The molecule has 2 nitrogen and oxygen atoms in total. The lowest BCUT2D eigenvalue weighted by Crippen LogP contribution is -2.15. The Hall–Kier alpha value is -6.42. The van der Waals surface area contributed by atoms with Gasteiger partial charge in [0.05, 0.1) is 22.2 Å². The van der Waals surface area contributed by atoms with Gasteiger partial charge < -0.3 is 9.30 Å². The standard InChI is InChI=1S/C51H34N2S.2C2H6/c1-51(2)43-20-6-3-12-35(43)42-30-33(28-29-44(42)51)52(32-26-24-31(25-27-32)34-15-9-19-41-37-14-5-8-23-47(37)54-50(34)41)46-22-11-18-40-39-17-10-16-38-36-13-4-7-21-45(36)53(48(38)39)49(40)46;2*1-2/h3-30H,1-2H3;2*1-2H3. The van der Waals surface area contributed by atoms with Crippen molar-refractivity contribution in [3.05, 3.63) is 181 Å². The van der Waals surface area contributed by atoms with Gasteiger partial charge in [-0.25, -0.2) is 0 Å². The van der Waals surface area contributed by atoms with Crippen molar-refractivity contribution in [1.82, 2.24) is 4.40 Å². The Kier molecular flexibility index (Phi) is 8.62. The summed E-state index contributed by atoms with van der Waals surface area (Å²) >= 11 is 1.89. The van der Waals surface area contributed by atoms with Crippen LogP contribution >= 0.6 is 11.3 Å². The molecule has 3 heterocycles. The summed E-state index contributed by atoms with van der Waals surface area (Å²) in [6.45, 7) is 12.7. The number of hydrogen-bond acceptors (Lipinski definition) is 2. The minimum atomic E-state index is -0.0597. The van der Waals surface area contributed by atoms with Crippen LogP contribution in [-0.4, -0.2) is 4.40 Å². The highest BCUT2D eigenvalue weighted by atomic mass is 32.1. The maximum atomic E-state index is 2.51. The number of rotatable bonds is 4. The molecule has 0 saturated heterocycles. The number of hydrogen-bond donors (Lipinski definition) is 0. The summed E-state index contributed by atoms with van der Waals surface area (Å²) in [5.74, 6) is 0. The van der Waals surface area contributed by atoms with Crippen LogP contribution in [0.1, 0.15) is 52.7 Å². The normalized spacial score (nSPS) is 12.8. The van der Waals surface area contributed by atoms with E-state index < -0.39 is 0 Å². The van der Waals surface area contributed by atoms with Gasteiger partial charge in [0, 0.05) is 58.5 Å². The van der Waals surface area contributed by atoms with Crippen LogP contribution in [0.2, 0.25) is 0 Å². The first-order valence-corrected chi connectivity index (χ1v) is 21.6. The van der Waals surface area contributed by atoms with E-state index >= 15 is 0 Å². The van der Waals surface area contributed by atoms with Gasteiger partial charge in [-0.2, -0.15) is 0 Å². The zero-order valence-corrected chi connectivity index (χ0v) is 34.8. The quantitative estimate of drug-likeness (QED) is 0.173. The van der Waals surface area contributed by atoms with Crippen molar-refractivity contribution in [3.8, 4) is 22.3 Å². The Morgan fingerprint density at radius 2 is 1.02 bits per heavy atom. The highest BCUT2D eigenvalue weighted by molar-refractivity contribution is 7.26. The number of nitrogens with zero attached hydrogens (tertiary/aromatic N) is 2. The van der Waals surface area contributed by atoms with Crippen molar-refractivity contribution in [1.29, 1.82) is 0 Å². The van der Waals surface area contributed by atoms with E-state index in [2.05, 4.69) is 193 Å². The van der Waals surface area contributed by atoms with Crippen LogP contribution in [0.3, 0.4) is 0 Å². The Balaban J connectivity index is 0.000000992. The first kappa shape index (κ1) is 36.0. The minimum absolute atomic E-state index is 0.0597. The summed E-state index contributed by atoms with van der Waals surface area (Å²) in [5, 5.41) is 7.80. The second kappa shape index (κ2) is 13.9. The Morgan fingerprint density at radius 3 is 1.83 bits per heavy atom. The van der Waals surface area contributed by atoms with Gasteiger partial charge in [0.2, 0.25) is 0 Å². The molecule has 0 radical (unpaired) electrons. The van der Waals surface area contributed by atoms with Crippen LogP contribution in [-0.2, 0) is 5.41 Å². The summed E-state index contributed by atoms with van der Waals surface area (Å²) in [6, 6.07) is 63.3. The largest absolute Gasteiger partial charge is 0.308 e. The van der Waals surface area contributed by atoms with Gasteiger partial charge in [0.25, 0.3) is 0 Å². The molecule has 0 amide bonds. The molecule has 58 heavy (non-hydrogen) atoms. The molecule has 0 atom stereocenters. The van der Waals surface area contributed by atoms with E-state index in [-0.39, 0.29) is 5.41 Å². The summed E-state index contributed by atoms with van der Waals surface area (Å²) < 4.78 is 5.18. The lowest BCUT2D eigenvalue weighted by Gasteiger charge is -2.28. The third-order valence-corrected chi connectivity index (χ3v) is 13.4. The van der Waals surface area contributed by atoms with E-state index in [1.54, 1.807) is 0 Å². The third-order valence-electron chi connectivity index (χ3n) is 12.1. The summed E-state index contributed by atoms with van der Waals surface area (Å²) in [4.78, 5) is 2.49. The predicted octanol–water partition coefficient (Wildman–Crippen LogP) is 16.7. The van der Waals surface area contributed by atoms with Gasteiger partial charge in [-0.15, -0.1) is 11.3 Å². The van der Waals surface area contributed by atoms with Gasteiger partial charge in [0.1, 0.15) is 0 Å². The molecule has 0 N–H and O–H groups in total. The van der Waals surface area contributed by atoms with E-state index in [0.29, 0.717) is 0 Å². The van der Waals surface area contributed by atoms with Crippen LogP contribution in [0.25, 0.3) is 80.5 Å². The highest BCUT2D eigenvalue weighted by Crippen LogP contribution is 2.52. The lowest BCUT2D eigenvalue weighted by atomic mass is 9.82. The molecule has 0 saturated carbocycles. The zero-order chi connectivity index (χ0) is 39.7. The van der Waals surface area contributed by atoms with E-state index in [4.69, 9.17) is 0 Å². The zero-order valence-electron chi connectivity index (χ0n) is 34.0. The predicted molar refractivity (Wildman–Crippen MR) is 254 cm³/mol. The maximum Gasteiger partial charge on any atom is 0.0782 e. The van der Waals surface area contributed by atoms with Crippen molar-refractivity contribution >= 4 is 86.7 Å². The number of thiophene rings is 1. The Labute approximate surface area is 344 Å². The first-order chi connectivity index (χ1) is 28.6. The molecule has 3 heteroatoms. The number of aromatic nitrogens is 1. The molecule has 0 spiro atoms. The van der Waals surface area contributed by atoms with Crippen LogP contribution in [0.4, 0.5) is 17.1 Å². The van der Waals surface area contributed by atoms with Crippen molar-refractivity contribution in [2.75, 3.05) is 4.90 Å². The van der Waals surface area contributed by atoms with Crippen molar-refractivity contribution in [2.45, 2.75) is 47.0 Å². The van der Waals surface area contributed by atoms with Gasteiger partial charge >= 0.3 is 0 Å². The van der Waals surface area contributed by atoms with Crippen molar-refractivity contribution in [2.24, 2.45) is 0 Å². The second-order valence-electron chi connectivity index (χ2n) is 15.3. The number of fused-ring (bicyclic) bond motifs is 12. The number of para-hydroxylation sites is 3. The Morgan fingerprint density at radius 1 is 0.448 bits per heavy atom. The Bertz CT molecular complexity index is 3310.